The van der Waals surface area contributed by atoms with E-state index in [1.165, 1.54) is 36.4 Å². The minimum atomic E-state index is -0.449. The fourth-order valence-corrected chi connectivity index (χ4v) is 3.22. The van der Waals surface area contributed by atoms with Crippen LogP contribution in [0.4, 0.5) is 14.5 Å². The van der Waals surface area contributed by atoms with Crippen molar-refractivity contribution in [3.63, 3.8) is 0 Å². The Morgan fingerprint density at radius 1 is 0.935 bits per heavy atom. The summed E-state index contributed by atoms with van der Waals surface area (Å²) in [5, 5.41) is 6.75. The number of halogens is 2. The van der Waals surface area contributed by atoms with Crippen LogP contribution in [0.5, 0.6) is 0 Å². The molecule has 31 heavy (non-hydrogen) atoms. The Balaban J connectivity index is 1.52. The Labute approximate surface area is 177 Å². The van der Waals surface area contributed by atoms with Crippen LogP contribution in [0, 0.1) is 11.6 Å². The van der Waals surface area contributed by atoms with Crippen molar-refractivity contribution in [1.82, 2.24) is 10.3 Å². The lowest BCUT2D eigenvalue weighted by Gasteiger charge is -2.12. The van der Waals surface area contributed by atoms with Crippen LogP contribution in [-0.2, 0) is 6.42 Å². The number of aromatic amines is 1. The highest BCUT2D eigenvalue weighted by molar-refractivity contribution is 6.09. The first-order chi connectivity index (χ1) is 15.1. The second kappa shape index (κ2) is 9.21. The lowest BCUT2D eigenvalue weighted by atomic mass is 10.1. The van der Waals surface area contributed by atoms with Gasteiger partial charge in [0.25, 0.3) is 5.91 Å². The molecule has 4 aromatic rings. The zero-order chi connectivity index (χ0) is 21.6. The van der Waals surface area contributed by atoms with Gasteiger partial charge >= 0.3 is 0 Å². The Bertz CT molecular complexity index is 1230. The average molecular weight is 418 g/mol. The predicted molar refractivity (Wildman–Crippen MR) is 118 cm³/mol. The summed E-state index contributed by atoms with van der Waals surface area (Å²) in [4.78, 5) is 20.3. The number of hydrogen-bond acceptors (Lipinski definition) is 2. The number of benzene rings is 3. The van der Waals surface area contributed by atoms with Crippen LogP contribution in [-0.4, -0.2) is 23.4 Å². The van der Waals surface area contributed by atoms with Gasteiger partial charge in [0, 0.05) is 34.9 Å². The van der Waals surface area contributed by atoms with Crippen molar-refractivity contribution in [3.8, 4) is 0 Å². The van der Waals surface area contributed by atoms with Crippen LogP contribution < -0.4 is 10.6 Å². The van der Waals surface area contributed by atoms with Crippen molar-refractivity contribution in [2.75, 3.05) is 11.9 Å². The maximum atomic E-state index is 13.6. The van der Waals surface area contributed by atoms with Gasteiger partial charge in [0.2, 0.25) is 5.96 Å². The Kier molecular flexibility index (Phi) is 6.03. The molecule has 3 N–H and O–H groups in total. The van der Waals surface area contributed by atoms with Crippen molar-refractivity contribution >= 4 is 28.5 Å². The summed E-state index contributed by atoms with van der Waals surface area (Å²) in [7, 11) is 0. The van der Waals surface area contributed by atoms with Gasteiger partial charge in [-0.25, -0.2) is 8.78 Å². The van der Waals surface area contributed by atoms with E-state index in [2.05, 4.69) is 20.6 Å². The number of guanidine groups is 1. The Morgan fingerprint density at radius 3 is 2.55 bits per heavy atom. The topological polar surface area (TPSA) is 69.3 Å². The van der Waals surface area contributed by atoms with E-state index < -0.39 is 17.5 Å². The third-order valence-corrected chi connectivity index (χ3v) is 4.75. The minimum Gasteiger partial charge on any atom is -0.361 e. The Hall–Kier alpha value is -4.00. The van der Waals surface area contributed by atoms with Crippen molar-refractivity contribution in [1.29, 1.82) is 0 Å². The molecular formula is C24H20F2N4O. The largest absolute Gasteiger partial charge is 0.361 e. The third kappa shape index (κ3) is 5.14. The number of aromatic nitrogens is 1. The number of fused-ring (bicyclic) bond motifs is 1. The quantitative estimate of drug-likeness (QED) is 0.319. The van der Waals surface area contributed by atoms with E-state index in [1.54, 1.807) is 12.1 Å². The number of carbonyl (C=O) groups is 1. The van der Waals surface area contributed by atoms with Gasteiger partial charge in [0.1, 0.15) is 11.6 Å². The molecule has 0 fully saturated rings. The van der Waals surface area contributed by atoms with Crippen LogP contribution in [0.25, 0.3) is 10.9 Å². The highest BCUT2D eigenvalue weighted by Gasteiger charge is 2.10. The zero-order valence-electron chi connectivity index (χ0n) is 16.5. The molecular weight excluding hydrogens is 398 g/mol. The van der Waals surface area contributed by atoms with Crippen molar-refractivity contribution in [3.05, 3.63) is 102 Å². The predicted octanol–water partition coefficient (Wildman–Crippen LogP) is 4.89. The zero-order valence-corrected chi connectivity index (χ0v) is 16.5. The SMILES string of the molecule is O=C(NC(=NCCc1c[nH]c2ccccc12)Nc1cccc(F)c1)c1ccc(F)cc1. The lowest BCUT2D eigenvalue weighted by molar-refractivity contribution is 0.0977. The molecule has 0 saturated carbocycles. The molecule has 1 heterocycles. The van der Waals surface area contributed by atoms with Gasteiger partial charge in [0.05, 0.1) is 0 Å². The van der Waals surface area contributed by atoms with Gasteiger partial charge in [-0.05, 0) is 60.5 Å². The number of nitrogens with zero attached hydrogens (tertiary/aromatic N) is 1. The number of amides is 1. The lowest BCUT2D eigenvalue weighted by Crippen LogP contribution is -2.36. The van der Waals surface area contributed by atoms with E-state index in [9.17, 15) is 13.6 Å². The van der Waals surface area contributed by atoms with E-state index in [4.69, 9.17) is 0 Å². The molecule has 0 unspecified atom stereocenters. The van der Waals surface area contributed by atoms with Gasteiger partial charge < -0.3 is 10.3 Å². The van der Waals surface area contributed by atoms with E-state index in [0.717, 1.165) is 16.5 Å². The molecule has 0 radical (unpaired) electrons. The highest BCUT2D eigenvalue weighted by atomic mass is 19.1. The van der Waals surface area contributed by atoms with E-state index in [1.807, 2.05) is 30.5 Å². The summed E-state index contributed by atoms with van der Waals surface area (Å²) in [6, 6.07) is 19.0. The average Bonchev–Trinajstić information content (AvgIpc) is 3.17. The first-order valence-electron chi connectivity index (χ1n) is 9.77. The Morgan fingerprint density at radius 2 is 1.74 bits per heavy atom. The molecule has 1 aromatic heterocycles. The van der Waals surface area contributed by atoms with Crippen molar-refractivity contribution in [2.24, 2.45) is 4.99 Å². The maximum absolute atomic E-state index is 13.6. The summed E-state index contributed by atoms with van der Waals surface area (Å²) in [5.74, 6) is -1.11. The van der Waals surface area contributed by atoms with Gasteiger partial charge in [0.15, 0.2) is 0 Å². The van der Waals surface area contributed by atoms with E-state index >= 15 is 0 Å². The van der Waals surface area contributed by atoms with Crippen molar-refractivity contribution < 1.29 is 13.6 Å². The van der Waals surface area contributed by atoms with Gasteiger partial charge in [-0.1, -0.05) is 24.3 Å². The second-order valence-electron chi connectivity index (χ2n) is 6.94. The third-order valence-electron chi connectivity index (χ3n) is 4.75. The number of carbonyl (C=O) groups excluding carboxylic acids is 1. The number of para-hydroxylation sites is 1. The first-order valence-corrected chi connectivity index (χ1v) is 9.77. The fourth-order valence-electron chi connectivity index (χ4n) is 3.22. The smallest absolute Gasteiger partial charge is 0.257 e. The molecule has 4 rings (SSSR count). The minimum absolute atomic E-state index is 0.180. The summed E-state index contributed by atoms with van der Waals surface area (Å²) < 4.78 is 26.7. The standard InChI is InChI=1S/C24H20F2N4O/c25-18-10-8-16(9-11-18)23(31)30-24(29-20-5-3-4-19(26)14-20)27-13-12-17-15-28-22-7-2-1-6-21(17)22/h1-11,14-15,28H,12-13H2,(H2,27,29,30,31). The molecule has 0 spiro atoms. The maximum Gasteiger partial charge on any atom is 0.257 e. The first kappa shape index (κ1) is 20.3. The molecule has 0 saturated heterocycles. The van der Waals surface area contributed by atoms with Crippen LogP contribution in [0.15, 0.2) is 84.0 Å². The highest BCUT2D eigenvalue weighted by Crippen LogP contribution is 2.18. The summed E-state index contributed by atoms with van der Waals surface area (Å²) in [6.07, 6.45) is 2.59. The number of H-pyrrole nitrogens is 1. The molecule has 7 heteroatoms. The van der Waals surface area contributed by atoms with Crippen LogP contribution in [0.1, 0.15) is 15.9 Å². The molecule has 0 aliphatic rings. The number of rotatable bonds is 5. The van der Waals surface area contributed by atoms with Crippen LogP contribution in [0.3, 0.4) is 0 Å². The second-order valence-corrected chi connectivity index (χ2v) is 6.94. The molecule has 0 atom stereocenters. The van der Waals surface area contributed by atoms with Gasteiger partial charge in [-0.3, -0.25) is 15.1 Å². The van der Waals surface area contributed by atoms with E-state index in [-0.39, 0.29) is 11.5 Å². The molecule has 1 amide bonds. The molecule has 156 valence electrons. The van der Waals surface area contributed by atoms with Crippen molar-refractivity contribution in [2.45, 2.75) is 6.42 Å². The summed E-state index contributed by atoms with van der Waals surface area (Å²) in [6.45, 7) is 0.392. The van der Waals surface area contributed by atoms with Crippen LogP contribution >= 0.6 is 0 Å². The van der Waals surface area contributed by atoms with E-state index in [0.29, 0.717) is 18.7 Å². The molecule has 5 nitrogen and oxygen atoms in total. The molecule has 0 aliphatic heterocycles. The van der Waals surface area contributed by atoms with Crippen LogP contribution in [0.2, 0.25) is 0 Å². The number of hydrogen-bond donors (Lipinski definition) is 3. The number of aliphatic imine (C=N–C) groups is 1. The fraction of sp³-hybridized carbons (Fsp3) is 0.0833. The normalized spacial score (nSPS) is 11.5. The molecule has 3 aromatic carbocycles. The van der Waals surface area contributed by atoms with Gasteiger partial charge in [-0.2, -0.15) is 0 Å². The molecule has 0 bridgehead atoms. The number of nitrogens with one attached hydrogen (secondary N) is 3. The summed E-state index contributed by atoms with van der Waals surface area (Å²) in [5.41, 5.74) is 2.88. The summed E-state index contributed by atoms with van der Waals surface area (Å²) >= 11 is 0. The van der Waals surface area contributed by atoms with Gasteiger partial charge in [-0.15, -0.1) is 0 Å². The molecule has 0 aliphatic carbocycles. The monoisotopic (exact) mass is 418 g/mol. The number of anilines is 1.